The van der Waals surface area contributed by atoms with E-state index in [1.165, 1.54) is 25.7 Å². The Morgan fingerprint density at radius 1 is 1.32 bits per heavy atom. The van der Waals surface area contributed by atoms with E-state index in [9.17, 15) is 0 Å². The predicted molar refractivity (Wildman–Crippen MR) is 77.9 cm³/mol. The van der Waals surface area contributed by atoms with Gasteiger partial charge < -0.3 is 11.1 Å². The second kappa shape index (κ2) is 5.35. The standard InChI is InChI=1S/C15H24N4/c1-2-3-14-18-13(16)8-15(19-14)17-9-12-7-10-4-5-11(12)6-10/h8,10-12H,2-7,9H2,1H3,(H3,16,17,18,19). The summed E-state index contributed by atoms with van der Waals surface area (Å²) in [5.41, 5.74) is 5.84. The fraction of sp³-hybridized carbons (Fsp3) is 0.733. The molecule has 0 radical (unpaired) electrons. The first-order valence-corrected chi connectivity index (χ1v) is 7.62. The molecule has 3 unspecified atom stereocenters. The summed E-state index contributed by atoms with van der Waals surface area (Å²) in [6.45, 7) is 3.18. The van der Waals surface area contributed by atoms with E-state index in [-0.39, 0.29) is 0 Å². The molecule has 0 aliphatic heterocycles. The summed E-state index contributed by atoms with van der Waals surface area (Å²) in [4.78, 5) is 8.81. The van der Waals surface area contributed by atoms with E-state index >= 15 is 0 Å². The highest BCUT2D eigenvalue weighted by molar-refractivity contribution is 5.44. The van der Waals surface area contributed by atoms with Crippen LogP contribution in [0.4, 0.5) is 11.6 Å². The molecule has 4 nitrogen and oxygen atoms in total. The molecule has 2 aliphatic carbocycles. The van der Waals surface area contributed by atoms with Gasteiger partial charge in [0.25, 0.3) is 0 Å². The maximum Gasteiger partial charge on any atom is 0.133 e. The molecule has 2 bridgehead atoms. The van der Waals surface area contributed by atoms with Gasteiger partial charge in [-0.15, -0.1) is 0 Å². The van der Waals surface area contributed by atoms with Gasteiger partial charge in [-0.2, -0.15) is 0 Å². The smallest absolute Gasteiger partial charge is 0.133 e. The van der Waals surface area contributed by atoms with Crippen LogP contribution in [0.5, 0.6) is 0 Å². The third kappa shape index (κ3) is 2.82. The molecule has 2 aliphatic rings. The molecule has 3 rings (SSSR count). The summed E-state index contributed by atoms with van der Waals surface area (Å²) in [5.74, 6) is 5.13. The molecular formula is C15H24N4. The maximum atomic E-state index is 5.84. The van der Waals surface area contributed by atoms with Crippen LogP contribution in [0.2, 0.25) is 0 Å². The van der Waals surface area contributed by atoms with Crippen molar-refractivity contribution in [1.29, 1.82) is 0 Å². The molecule has 1 aromatic heterocycles. The van der Waals surface area contributed by atoms with Crippen molar-refractivity contribution in [1.82, 2.24) is 9.97 Å². The minimum atomic E-state index is 0.578. The third-order valence-electron chi connectivity index (χ3n) is 4.70. The van der Waals surface area contributed by atoms with Gasteiger partial charge in [0.15, 0.2) is 0 Å². The SMILES string of the molecule is CCCc1nc(N)cc(NCC2CC3CCC2C3)n1. The minimum absolute atomic E-state index is 0.578. The summed E-state index contributed by atoms with van der Waals surface area (Å²) in [7, 11) is 0. The number of rotatable bonds is 5. The fourth-order valence-corrected chi connectivity index (χ4v) is 3.81. The molecule has 2 fully saturated rings. The minimum Gasteiger partial charge on any atom is -0.384 e. The van der Waals surface area contributed by atoms with Crippen LogP contribution < -0.4 is 11.1 Å². The van der Waals surface area contributed by atoms with Gasteiger partial charge in [-0.05, 0) is 43.4 Å². The molecule has 104 valence electrons. The van der Waals surface area contributed by atoms with Crippen molar-refractivity contribution in [3.63, 3.8) is 0 Å². The zero-order valence-electron chi connectivity index (χ0n) is 11.7. The molecule has 2 saturated carbocycles. The van der Waals surface area contributed by atoms with Crippen LogP contribution in [0, 0.1) is 17.8 Å². The molecule has 19 heavy (non-hydrogen) atoms. The van der Waals surface area contributed by atoms with Crippen LogP contribution >= 0.6 is 0 Å². The van der Waals surface area contributed by atoms with E-state index < -0.39 is 0 Å². The van der Waals surface area contributed by atoms with Crippen molar-refractivity contribution in [2.75, 3.05) is 17.6 Å². The van der Waals surface area contributed by atoms with E-state index in [2.05, 4.69) is 22.2 Å². The van der Waals surface area contributed by atoms with Crippen LogP contribution in [-0.4, -0.2) is 16.5 Å². The Labute approximate surface area is 115 Å². The molecule has 1 heterocycles. The average Bonchev–Trinajstić information content (AvgIpc) is 2.98. The highest BCUT2D eigenvalue weighted by atomic mass is 15.0. The Kier molecular flexibility index (Phi) is 3.58. The Balaban J connectivity index is 1.60. The van der Waals surface area contributed by atoms with Crippen molar-refractivity contribution < 1.29 is 0 Å². The number of nitrogens with one attached hydrogen (secondary N) is 1. The quantitative estimate of drug-likeness (QED) is 0.854. The number of aryl methyl sites for hydroxylation is 1. The molecule has 0 spiro atoms. The zero-order valence-corrected chi connectivity index (χ0v) is 11.7. The van der Waals surface area contributed by atoms with Crippen molar-refractivity contribution in [2.24, 2.45) is 17.8 Å². The van der Waals surface area contributed by atoms with Gasteiger partial charge in [0.1, 0.15) is 17.5 Å². The molecular weight excluding hydrogens is 236 g/mol. The van der Waals surface area contributed by atoms with Crippen molar-refractivity contribution >= 4 is 11.6 Å². The molecule has 3 N–H and O–H groups in total. The van der Waals surface area contributed by atoms with Crippen LogP contribution in [0.3, 0.4) is 0 Å². The lowest BCUT2D eigenvalue weighted by Crippen LogP contribution is -2.21. The molecule has 1 aromatic rings. The number of fused-ring (bicyclic) bond motifs is 2. The molecule has 0 amide bonds. The summed E-state index contributed by atoms with van der Waals surface area (Å²) in [6, 6.07) is 1.85. The largest absolute Gasteiger partial charge is 0.384 e. The summed E-state index contributed by atoms with van der Waals surface area (Å²) in [6.07, 6.45) is 7.70. The fourth-order valence-electron chi connectivity index (χ4n) is 3.81. The lowest BCUT2D eigenvalue weighted by molar-refractivity contribution is 0.348. The highest BCUT2D eigenvalue weighted by Gasteiger charge is 2.39. The van der Waals surface area contributed by atoms with Crippen LogP contribution in [-0.2, 0) is 6.42 Å². The second-order valence-electron chi connectivity index (χ2n) is 6.16. The third-order valence-corrected chi connectivity index (χ3v) is 4.70. The van der Waals surface area contributed by atoms with Gasteiger partial charge in [-0.25, -0.2) is 9.97 Å². The topological polar surface area (TPSA) is 63.8 Å². The van der Waals surface area contributed by atoms with Gasteiger partial charge in [0.05, 0.1) is 0 Å². The number of nitrogen functional groups attached to an aromatic ring is 1. The Morgan fingerprint density at radius 2 is 2.21 bits per heavy atom. The van der Waals surface area contributed by atoms with Crippen molar-refractivity contribution in [3.8, 4) is 0 Å². The first kappa shape index (κ1) is 12.7. The van der Waals surface area contributed by atoms with Gasteiger partial charge in [-0.1, -0.05) is 13.3 Å². The van der Waals surface area contributed by atoms with Crippen molar-refractivity contribution in [2.45, 2.75) is 45.4 Å². The molecule has 3 atom stereocenters. The number of nitrogens with two attached hydrogens (primary N) is 1. The van der Waals surface area contributed by atoms with Gasteiger partial charge in [0.2, 0.25) is 0 Å². The van der Waals surface area contributed by atoms with E-state index in [1.54, 1.807) is 0 Å². The van der Waals surface area contributed by atoms with E-state index in [0.717, 1.165) is 48.8 Å². The monoisotopic (exact) mass is 260 g/mol. The number of aromatic nitrogens is 2. The van der Waals surface area contributed by atoms with E-state index in [0.29, 0.717) is 5.82 Å². The Morgan fingerprint density at radius 3 is 2.89 bits per heavy atom. The van der Waals surface area contributed by atoms with E-state index in [4.69, 9.17) is 5.73 Å². The van der Waals surface area contributed by atoms with Gasteiger partial charge >= 0.3 is 0 Å². The number of anilines is 2. The van der Waals surface area contributed by atoms with Crippen molar-refractivity contribution in [3.05, 3.63) is 11.9 Å². The lowest BCUT2D eigenvalue weighted by Gasteiger charge is -2.22. The second-order valence-corrected chi connectivity index (χ2v) is 6.16. The average molecular weight is 260 g/mol. The maximum absolute atomic E-state index is 5.84. The molecule has 4 heteroatoms. The van der Waals surface area contributed by atoms with Crippen LogP contribution in [0.25, 0.3) is 0 Å². The van der Waals surface area contributed by atoms with Gasteiger partial charge in [0, 0.05) is 19.0 Å². The predicted octanol–water partition coefficient (Wildman–Crippen LogP) is 2.86. The zero-order chi connectivity index (χ0) is 13.2. The van der Waals surface area contributed by atoms with Crippen LogP contribution in [0.15, 0.2) is 6.07 Å². The first-order chi connectivity index (χ1) is 9.24. The van der Waals surface area contributed by atoms with Gasteiger partial charge in [-0.3, -0.25) is 0 Å². The number of hydrogen-bond donors (Lipinski definition) is 2. The Bertz CT molecular complexity index is 446. The molecule has 0 saturated heterocycles. The van der Waals surface area contributed by atoms with E-state index in [1.807, 2.05) is 6.07 Å². The Hall–Kier alpha value is -1.32. The normalized spacial score (nSPS) is 28.8. The molecule has 0 aromatic carbocycles. The first-order valence-electron chi connectivity index (χ1n) is 7.62. The highest BCUT2D eigenvalue weighted by Crippen LogP contribution is 2.48. The number of hydrogen-bond acceptors (Lipinski definition) is 4. The summed E-state index contributed by atoms with van der Waals surface area (Å²) < 4.78 is 0. The summed E-state index contributed by atoms with van der Waals surface area (Å²) >= 11 is 0. The lowest BCUT2D eigenvalue weighted by atomic mass is 9.89. The summed E-state index contributed by atoms with van der Waals surface area (Å²) in [5, 5.41) is 3.48. The van der Waals surface area contributed by atoms with Crippen LogP contribution in [0.1, 0.15) is 44.9 Å². The number of nitrogens with zero attached hydrogens (tertiary/aromatic N) is 2.